The first kappa shape index (κ1) is 16.0. The molecule has 6 nitrogen and oxygen atoms in total. The van der Waals surface area contributed by atoms with E-state index in [9.17, 15) is 9.59 Å². The largest absolute Gasteiger partial charge is 0.497 e. The lowest BCUT2D eigenvalue weighted by atomic mass is 10.1. The van der Waals surface area contributed by atoms with E-state index in [0.717, 1.165) is 11.3 Å². The standard InChI is InChI=1S/C14H20N2O4/c1-20-11-4-2-10(3-5-11)8-9-16-14(19)12(15)6-7-13(17)18/h2-5,12H,6-9,15H2,1H3,(H,16,19)(H,17,18). The first-order valence-electron chi connectivity index (χ1n) is 6.41. The second kappa shape index (κ2) is 8.16. The van der Waals surface area contributed by atoms with Crippen LogP contribution in [0.1, 0.15) is 18.4 Å². The summed E-state index contributed by atoms with van der Waals surface area (Å²) in [6.45, 7) is 0.464. The first-order valence-corrected chi connectivity index (χ1v) is 6.41. The molecule has 110 valence electrons. The number of nitrogens with one attached hydrogen (secondary N) is 1. The third-order valence-electron chi connectivity index (χ3n) is 2.88. The number of carbonyl (C=O) groups is 2. The fraction of sp³-hybridized carbons (Fsp3) is 0.429. The molecule has 1 aromatic carbocycles. The number of hydrogen-bond acceptors (Lipinski definition) is 4. The smallest absolute Gasteiger partial charge is 0.303 e. The van der Waals surface area contributed by atoms with E-state index in [0.29, 0.717) is 13.0 Å². The van der Waals surface area contributed by atoms with Crippen LogP contribution >= 0.6 is 0 Å². The lowest BCUT2D eigenvalue weighted by Gasteiger charge is -2.11. The average Bonchev–Trinajstić information content (AvgIpc) is 2.45. The van der Waals surface area contributed by atoms with Crippen molar-refractivity contribution in [1.82, 2.24) is 5.32 Å². The molecule has 6 heteroatoms. The summed E-state index contributed by atoms with van der Waals surface area (Å²) >= 11 is 0. The highest BCUT2D eigenvalue weighted by molar-refractivity contribution is 5.82. The van der Waals surface area contributed by atoms with Gasteiger partial charge in [0.15, 0.2) is 0 Å². The van der Waals surface area contributed by atoms with Gasteiger partial charge in [-0.1, -0.05) is 12.1 Å². The van der Waals surface area contributed by atoms with E-state index in [4.69, 9.17) is 15.6 Å². The number of amides is 1. The Kier molecular flexibility index (Phi) is 6.52. The van der Waals surface area contributed by atoms with Crippen LogP contribution in [0.25, 0.3) is 0 Å². The van der Waals surface area contributed by atoms with Crippen LogP contribution in [0.2, 0.25) is 0 Å². The highest BCUT2D eigenvalue weighted by atomic mass is 16.5. The van der Waals surface area contributed by atoms with Crippen LogP contribution in [0, 0.1) is 0 Å². The molecule has 0 heterocycles. The lowest BCUT2D eigenvalue weighted by molar-refractivity contribution is -0.137. The predicted molar refractivity (Wildman–Crippen MR) is 74.6 cm³/mol. The Hall–Kier alpha value is -2.08. The molecular formula is C14H20N2O4. The molecule has 0 aromatic heterocycles. The van der Waals surface area contributed by atoms with Crippen LogP contribution in [-0.2, 0) is 16.0 Å². The van der Waals surface area contributed by atoms with E-state index < -0.39 is 12.0 Å². The average molecular weight is 280 g/mol. The molecular weight excluding hydrogens is 260 g/mol. The number of methoxy groups -OCH3 is 1. The van der Waals surface area contributed by atoms with E-state index in [1.54, 1.807) is 7.11 Å². The Balaban J connectivity index is 2.28. The van der Waals surface area contributed by atoms with Gasteiger partial charge in [-0.2, -0.15) is 0 Å². The molecule has 1 amide bonds. The summed E-state index contributed by atoms with van der Waals surface area (Å²) < 4.78 is 5.06. The van der Waals surface area contributed by atoms with Crippen molar-refractivity contribution in [2.24, 2.45) is 5.73 Å². The third-order valence-corrected chi connectivity index (χ3v) is 2.88. The van der Waals surface area contributed by atoms with Crippen molar-refractivity contribution in [3.63, 3.8) is 0 Å². The van der Waals surface area contributed by atoms with Crippen molar-refractivity contribution in [1.29, 1.82) is 0 Å². The van der Waals surface area contributed by atoms with Crippen LogP contribution in [0.15, 0.2) is 24.3 Å². The highest BCUT2D eigenvalue weighted by Gasteiger charge is 2.14. The number of carboxylic acids is 1. The molecule has 0 saturated carbocycles. The molecule has 1 atom stereocenters. The fourth-order valence-electron chi connectivity index (χ4n) is 1.66. The van der Waals surface area contributed by atoms with Gasteiger partial charge in [0.1, 0.15) is 5.75 Å². The zero-order valence-corrected chi connectivity index (χ0v) is 11.5. The van der Waals surface area contributed by atoms with Crippen LogP contribution in [0.5, 0.6) is 5.75 Å². The van der Waals surface area contributed by atoms with Crippen molar-refractivity contribution in [3.05, 3.63) is 29.8 Å². The Morgan fingerprint density at radius 3 is 2.55 bits per heavy atom. The minimum absolute atomic E-state index is 0.104. The van der Waals surface area contributed by atoms with Gasteiger partial charge in [0.25, 0.3) is 0 Å². The van der Waals surface area contributed by atoms with Crippen LogP contribution in [0.4, 0.5) is 0 Å². The molecule has 1 aromatic rings. The molecule has 0 radical (unpaired) electrons. The number of rotatable bonds is 8. The Morgan fingerprint density at radius 2 is 2.00 bits per heavy atom. The molecule has 0 fully saturated rings. The number of carbonyl (C=O) groups excluding carboxylic acids is 1. The Labute approximate surface area is 117 Å². The normalized spacial score (nSPS) is 11.7. The summed E-state index contributed by atoms with van der Waals surface area (Å²) in [5.41, 5.74) is 6.67. The van der Waals surface area contributed by atoms with Gasteiger partial charge in [-0.25, -0.2) is 0 Å². The van der Waals surface area contributed by atoms with E-state index in [-0.39, 0.29) is 18.7 Å². The molecule has 0 aliphatic heterocycles. The molecule has 0 aliphatic rings. The van der Waals surface area contributed by atoms with E-state index >= 15 is 0 Å². The summed E-state index contributed by atoms with van der Waals surface area (Å²) in [4.78, 5) is 22.0. The van der Waals surface area contributed by atoms with Gasteiger partial charge in [0.05, 0.1) is 13.2 Å². The number of benzene rings is 1. The second-order valence-corrected chi connectivity index (χ2v) is 4.43. The van der Waals surface area contributed by atoms with Crippen molar-refractivity contribution in [2.75, 3.05) is 13.7 Å². The van der Waals surface area contributed by atoms with Gasteiger partial charge in [0, 0.05) is 13.0 Å². The number of ether oxygens (including phenoxy) is 1. The van der Waals surface area contributed by atoms with Crippen molar-refractivity contribution in [3.8, 4) is 5.75 Å². The Morgan fingerprint density at radius 1 is 1.35 bits per heavy atom. The van der Waals surface area contributed by atoms with Crippen molar-refractivity contribution < 1.29 is 19.4 Å². The van der Waals surface area contributed by atoms with Gasteiger partial charge in [-0.3, -0.25) is 9.59 Å². The molecule has 0 spiro atoms. The molecule has 0 aliphatic carbocycles. The van der Waals surface area contributed by atoms with Crippen molar-refractivity contribution >= 4 is 11.9 Å². The molecule has 0 saturated heterocycles. The zero-order valence-electron chi connectivity index (χ0n) is 11.5. The van der Waals surface area contributed by atoms with Gasteiger partial charge in [-0.05, 0) is 30.5 Å². The maximum Gasteiger partial charge on any atom is 0.303 e. The third kappa shape index (κ3) is 5.71. The molecule has 1 unspecified atom stereocenters. The number of nitrogens with two attached hydrogens (primary N) is 1. The first-order chi connectivity index (χ1) is 9.52. The lowest BCUT2D eigenvalue weighted by Crippen LogP contribution is -2.41. The minimum Gasteiger partial charge on any atom is -0.497 e. The molecule has 20 heavy (non-hydrogen) atoms. The summed E-state index contributed by atoms with van der Waals surface area (Å²) in [6.07, 6.45) is 0.720. The summed E-state index contributed by atoms with van der Waals surface area (Å²) in [5.74, 6) is -0.486. The predicted octanol–water partition coefficient (Wildman–Crippen LogP) is 0.546. The van der Waals surface area contributed by atoms with E-state index in [2.05, 4.69) is 5.32 Å². The minimum atomic E-state index is -0.952. The summed E-state index contributed by atoms with van der Waals surface area (Å²) in [6, 6.07) is 6.79. The number of aliphatic carboxylic acids is 1. The van der Waals surface area contributed by atoms with Crippen LogP contribution in [-0.4, -0.2) is 36.7 Å². The monoisotopic (exact) mass is 280 g/mol. The van der Waals surface area contributed by atoms with Gasteiger partial charge in [-0.15, -0.1) is 0 Å². The quantitative estimate of drug-likeness (QED) is 0.645. The van der Waals surface area contributed by atoms with Gasteiger partial charge >= 0.3 is 5.97 Å². The SMILES string of the molecule is COc1ccc(CCNC(=O)C(N)CCC(=O)O)cc1. The maximum atomic E-state index is 11.6. The van der Waals surface area contributed by atoms with Crippen LogP contribution in [0.3, 0.4) is 0 Å². The zero-order chi connectivity index (χ0) is 15.0. The summed E-state index contributed by atoms with van der Waals surface area (Å²) in [5, 5.41) is 11.2. The van der Waals surface area contributed by atoms with E-state index in [1.807, 2.05) is 24.3 Å². The number of carboxylic acid groups (broad SMARTS) is 1. The molecule has 1 rings (SSSR count). The maximum absolute atomic E-state index is 11.6. The fourth-order valence-corrected chi connectivity index (χ4v) is 1.66. The Bertz CT molecular complexity index is 445. The molecule has 0 bridgehead atoms. The summed E-state index contributed by atoms with van der Waals surface area (Å²) in [7, 11) is 1.60. The van der Waals surface area contributed by atoms with Crippen LogP contribution < -0.4 is 15.8 Å². The van der Waals surface area contributed by atoms with Gasteiger partial charge in [0.2, 0.25) is 5.91 Å². The van der Waals surface area contributed by atoms with E-state index in [1.165, 1.54) is 0 Å². The highest BCUT2D eigenvalue weighted by Crippen LogP contribution is 2.11. The molecule has 4 N–H and O–H groups in total. The number of hydrogen-bond donors (Lipinski definition) is 3. The topological polar surface area (TPSA) is 102 Å². The van der Waals surface area contributed by atoms with Crippen molar-refractivity contribution in [2.45, 2.75) is 25.3 Å². The second-order valence-electron chi connectivity index (χ2n) is 4.43. The van der Waals surface area contributed by atoms with Gasteiger partial charge < -0.3 is 20.9 Å².